The molecule has 1 saturated heterocycles. The molecule has 2 aliphatic rings. The van der Waals surface area contributed by atoms with Gasteiger partial charge in [0, 0.05) is 37.8 Å². The second-order valence-corrected chi connectivity index (χ2v) is 10.0. The van der Waals surface area contributed by atoms with Crippen LogP contribution in [0.3, 0.4) is 0 Å². The molecule has 3 aromatic carbocycles. The van der Waals surface area contributed by atoms with Crippen molar-refractivity contribution in [1.82, 2.24) is 15.5 Å². The lowest BCUT2D eigenvalue weighted by atomic mass is 10.0. The lowest BCUT2D eigenvalue weighted by Crippen LogP contribution is -2.52. The number of carboxylic acid groups (broad SMARTS) is 1. The zero-order valence-electron chi connectivity index (χ0n) is 22.6. The van der Waals surface area contributed by atoms with Crippen LogP contribution in [0.2, 0.25) is 0 Å². The summed E-state index contributed by atoms with van der Waals surface area (Å²) < 4.78 is 16.1. The number of hydrogen-bond acceptors (Lipinski definition) is 7. The minimum Gasteiger partial charge on any atom is -0.497 e. The second kappa shape index (κ2) is 12.6. The minimum atomic E-state index is -1.06. The van der Waals surface area contributed by atoms with Gasteiger partial charge in [0.15, 0.2) is 11.5 Å². The third-order valence-electron chi connectivity index (χ3n) is 7.07. The number of methoxy groups -OCH3 is 1. The molecule has 11 nitrogen and oxygen atoms in total. The number of fused-ring (bicyclic) bond motifs is 1. The fourth-order valence-corrected chi connectivity index (χ4v) is 4.92. The average Bonchev–Trinajstić information content (AvgIpc) is 3.62. The molecular weight excluding hydrogens is 528 g/mol. The number of carbonyl (C=O) groups excluding carboxylic acids is 2. The lowest BCUT2D eigenvalue weighted by Gasteiger charge is -2.22. The largest absolute Gasteiger partial charge is 0.497 e. The molecule has 0 saturated carbocycles. The Hall–Kier alpha value is -4.77. The number of carboxylic acids is 1. The zero-order chi connectivity index (χ0) is 28.8. The Labute approximate surface area is 237 Å². The van der Waals surface area contributed by atoms with E-state index < -0.39 is 18.0 Å². The molecule has 3 amide bonds. The van der Waals surface area contributed by atoms with Crippen molar-refractivity contribution < 1.29 is 33.7 Å². The van der Waals surface area contributed by atoms with Crippen LogP contribution in [0.5, 0.6) is 17.2 Å². The van der Waals surface area contributed by atoms with Gasteiger partial charge in [-0.3, -0.25) is 9.69 Å². The standard InChI is InChI=1S/C30H32N4O7/c1-39-24-9-2-19(3-10-24)14-25(33-30(38)32-22-7-5-21(6-8-22)29(36)37)28(35)31-23-12-13-34(17-23)16-20-4-11-26-27(15-20)41-18-40-26/h2-11,15,23,25H,12-14,16-18H2,1H3,(H,31,35)(H,36,37)(H2,32,33,38)/t23-,25-/m0/s1. The summed E-state index contributed by atoms with van der Waals surface area (Å²) in [5, 5.41) is 17.6. The lowest BCUT2D eigenvalue weighted by molar-refractivity contribution is -0.123. The van der Waals surface area contributed by atoms with E-state index in [4.69, 9.17) is 19.3 Å². The summed E-state index contributed by atoms with van der Waals surface area (Å²) >= 11 is 0. The number of ether oxygens (including phenoxy) is 3. The van der Waals surface area contributed by atoms with Gasteiger partial charge in [0.05, 0.1) is 12.7 Å². The number of rotatable bonds is 10. The Balaban J connectivity index is 1.20. The average molecular weight is 561 g/mol. The first-order valence-corrected chi connectivity index (χ1v) is 13.3. The van der Waals surface area contributed by atoms with Gasteiger partial charge in [-0.25, -0.2) is 9.59 Å². The maximum Gasteiger partial charge on any atom is 0.335 e. The van der Waals surface area contributed by atoms with Crippen molar-refractivity contribution in [2.75, 3.05) is 32.3 Å². The molecule has 2 heterocycles. The van der Waals surface area contributed by atoms with Gasteiger partial charge >= 0.3 is 12.0 Å². The number of anilines is 1. The summed E-state index contributed by atoms with van der Waals surface area (Å²) in [5.74, 6) is 0.844. The van der Waals surface area contributed by atoms with E-state index in [2.05, 4.69) is 20.9 Å². The Kier molecular flexibility index (Phi) is 8.54. The third-order valence-corrected chi connectivity index (χ3v) is 7.07. The van der Waals surface area contributed by atoms with Crippen molar-refractivity contribution in [1.29, 1.82) is 0 Å². The zero-order valence-corrected chi connectivity index (χ0v) is 22.6. The molecule has 4 N–H and O–H groups in total. The second-order valence-electron chi connectivity index (χ2n) is 10.0. The number of aromatic carboxylic acids is 1. The van der Waals surface area contributed by atoms with Crippen molar-refractivity contribution in [3.8, 4) is 17.2 Å². The summed E-state index contributed by atoms with van der Waals surface area (Å²) in [6, 6.07) is 17.5. The van der Waals surface area contributed by atoms with E-state index in [1.54, 1.807) is 19.2 Å². The molecule has 5 rings (SSSR count). The topological polar surface area (TPSA) is 138 Å². The maximum absolute atomic E-state index is 13.4. The first-order chi connectivity index (χ1) is 19.9. The summed E-state index contributed by atoms with van der Waals surface area (Å²) in [6.07, 6.45) is 1.06. The van der Waals surface area contributed by atoms with Crippen molar-refractivity contribution >= 4 is 23.6 Å². The SMILES string of the molecule is COc1ccc(C[C@H](NC(=O)Nc2ccc(C(=O)O)cc2)C(=O)N[C@H]2CCN(Cc3ccc4c(c3)OCO4)C2)cc1. The normalized spacial score (nSPS) is 16.6. The summed E-state index contributed by atoms with van der Waals surface area (Å²) in [4.78, 5) is 39.6. The van der Waals surface area contributed by atoms with Gasteiger partial charge in [-0.05, 0) is 66.1 Å². The molecule has 41 heavy (non-hydrogen) atoms. The monoisotopic (exact) mass is 560 g/mol. The van der Waals surface area contributed by atoms with Gasteiger partial charge in [-0.15, -0.1) is 0 Å². The molecule has 0 aromatic heterocycles. The molecule has 11 heteroatoms. The van der Waals surface area contributed by atoms with Crippen LogP contribution in [0, 0.1) is 0 Å². The summed E-state index contributed by atoms with van der Waals surface area (Å²) in [7, 11) is 1.58. The Bertz CT molecular complexity index is 1390. The number of likely N-dealkylation sites (tertiary alicyclic amines) is 1. The van der Waals surface area contributed by atoms with Crippen molar-refractivity contribution in [3.63, 3.8) is 0 Å². The first kappa shape index (κ1) is 27.8. The Morgan fingerprint density at radius 2 is 1.73 bits per heavy atom. The maximum atomic E-state index is 13.4. The molecule has 1 fully saturated rings. The van der Waals surface area contributed by atoms with Crippen LogP contribution in [-0.4, -0.2) is 67.0 Å². The van der Waals surface area contributed by atoms with Crippen molar-refractivity contribution in [3.05, 3.63) is 83.4 Å². The highest BCUT2D eigenvalue weighted by atomic mass is 16.7. The number of benzene rings is 3. The fraction of sp³-hybridized carbons (Fsp3) is 0.300. The molecule has 0 bridgehead atoms. The Morgan fingerprint density at radius 3 is 2.46 bits per heavy atom. The van der Waals surface area contributed by atoms with Gasteiger partial charge < -0.3 is 35.3 Å². The van der Waals surface area contributed by atoms with E-state index in [0.717, 1.165) is 42.1 Å². The van der Waals surface area contributed by atoms with E-state index in [0.29, 0.717) is 18.0 Å². The number of urea groups is 1. The molecule has 2 atom stereocenters. The number of amides is 3. The predicted octanol–water partition coefficient (Wildman–Crippen LogP) is 3.25. The van der Waals surface area contributed by atoms with Gasteiger partial charge in [0.1, 0.15) is 11.8 Å². The molecular formula is C30H32N4O7. The molecule has 0 unspecified atom stereocenters. The first-order valence-electron chi connectivity index (χ1n) is 13.3. The summed E-state index contributed by atoms with van der Waals surface area (Å²) in [5.41, 5.74) is 2.48. The van der Waals surface area contributed by atoms with Crippen LogP contribution in [0.4, 0.5) is 10.5 Å². The summed E-state index contributed by atoms with van der Waals surface area (Å²) in [6.45, 7) is 2.46. The van der Waals surface area contributed by atoms with Crippen LogP contribution >= 0.6 is 0 Å². The van der Waals surface area contributed by atoms with Crippen LogP contribution in [0.25, 0.3) is 0 Å². The van der Waals surface area contributed by atoms with Gasteiger partial charge in [0.25, 0.3) is 0 Å². The minimum absolute atomic E-state index is 0.0664. The number of nitrogens with one attached hydrogen (secondary N) is 3. The number of nitrogens with zero attached hydrogens (tertiary/aromatic N) is 1. The van der Waals surface area contributed by atoms with E-state index in [9.17, 15) is 14.4 Å². The van der Waals surface area contributed by atoms with Crippen LogP contribution < -0.4 is 30.2 Å². The molecule has 2 aliphatic heterocycles. The quantitative estimate of drug-likeness (QED) is 0.297. The van der Waals surface area contributed by atoms with E-state index in [-0.39, 0.29) is 30.7 Å². The highest BCUT2D eigenvalue weighted by Crippen LogP contribution is 2.33. The highest BCUT2D eigenvalue weighted by Gasteiger charge is 2.28. The van der Waals surface area contributed by atoms with Gasteiger partial charge in [-0.1, -0.05) is 18.2 Å². The molecule has 0 aliphatic carbocycles. The highest BCUT2D eigenvalue weighted by molar-refractivity contribution is 5.94. The molecule has 214 valence electrons. The van der Waals surface area contributed by atoms with Crippen LogP contribution in [0.15, 0.2) is 66.7 Å². The third kappa shape index (κ3) is 7.25. The smallest absolute Gasteiger partial charge is 0.335 e. The van der Waals surface area contributed by atoms with Gasteiger partial charge in [-0.2, -0.15) is 0 Å². The number of carbonyl (C=O) groups is 3. The van der Waals surface area contributed by atoms with Crippen molar-refractivity contribution in [2.45, 2.75) is 31.5 Å². The van der Waals surface area contributed by atoms with Crippen LogP contribution in [-0.2, 0) is 17.8 Å². The van der Waals surface area contributed by atoms with Crippen LogP contribution in [0.1, 0.15) is 27.9 Å². The van der Waals surface area contributed by atoms with E-state index >= 15 is 0 Å². The van der Waals surface area contributed by atoms with Crippen molar-refractivity contribution in [2.24, 2.45) is 0 Å². The predicted molar refractivity (Wildman–Crippen MR) is 150 cm³/mol. The number of hydrogen-bond donors (Lipinski definition) is 4. The van der Waals surface area contributed by atoms with E-state index in [1.807, 2.05) is 30.3 Å². The molecule has 3 aromatic rings. The van der Waals surface area contributed by atoms with E-state index in [1.165, 1.54) is 24.3 Å². The fourth-order valence-electron chi connectivity index (χ4n) is 4.92. The Morgan fingerprint density at radius 1 is 1.00 bits per heavy atom. The van der Waals surface area contributed by atoms with Gasteiger partial charge in [0.2, 0.25) is 12.7 Å². The molecule has 0 spiro atoms. The molecule has 0 radical (unpaired) electrons.